The van der Waals surface area contributed by atoms with Gasteiger partial charge in [-0.15, -0.1) is 0 Å². The molecule has 0 radical (unpaired) electrons. The second-order valence-electron chi connectivity index (χ2n) is 4.06. The van der Waals surface area contributed by atoms with E-state index in [0.717, 1.165) is 12.1 Å². The van der Waals surface area contributed by atoms with E-state index in [4.69, 9.17) is 5.73 Å². The summed E-state index contributed by atoms with van der Waals surface area (Å²) in [6, 6.07) is 3.72. The molecule has 0 aliphatic heterocycles. The van der Waals surface area contributed by atoms with Gasteiger partial charge >= 0.3 is 6.18 Å². The predicted octanol–water partition coefficient (Wildman–Crippen LogP) is 3.49. The van der Waals surface area contributed by atoms with Gasteiger partial charge in [-0.3, -0.25) is 0 Å². The largest absolute Gasteiger partial charge is 0.416 e. The topological polar surface area (TPSA) is 26.0 Å². The predicted molar refractivity (Wildman–Crippen MR) is 54.4 cm³/mol. The van der Waals surface area contributed by atoms with Crippen LogP contribution in [0.1, 0.15) is 25.0 Å². The molecule has 4 heteroatoms. The standard InChI is InChI=1S/C11H14F3N/c1-7(2)3-8-4-9(11(12,13)14)6-10(15)5-8/h4-7H,3,15H2,1-2H3. The number of halogens is 3. The Balaban J connectivity index is 3.06. The first-order valence-electron chi connectivity index (χ1n) is 4.75. The van der Waals surface area contributed by atoms with Crippen LogP contribution < -0.4 is 5.73 Å². The van der Waals surface area contributed by atoms with E-state index in [1.54, 1.807) is 6.07 Å². The number of rotatable bonds is 2. The SMILES string of the molecule is CC(C)Cc1cc(N)cc(C(F)(F)F)c1. The molecule has 1 nitrogen and oxygen atoms in total. The fraction of sp³-hybridized carbons (Fsp3) is 0.455. The number of anilines is 1. The van der Waals surface area contributed by atoms with Crippen molar-refractivity contribution >= 4 is 5.69 Å². The molecule has 15 heavy (non-hydrogen) atoms. The number of nitrogens with two attached hydrogens (primary N) is 1. The Hall–Kier alpha value is -1.19. The van der Waals surface area contributed by atoms with Crippen LogP contribution in [0.2, 0.25) is 0 Å². The molecule has 0 aliphatic carbocycles. The van der Waals surface area contributed by atoms with Gasteiger partial charge in [0.2, 0.25) is 0 Å². The van der Waals surface area contributed by atoms with Gasteiger partial charge in [-0.25, -0.2) is 0 Å². The summed E-state index contributed by atoms with van der Waals surface area (Å²) in [7, 11) is 0. The van der Waals surface area contributed by atoms with Gasteiger partial charge in [0.05, 0.1) is 5.56 Å². The van der Waals surface area contributed by atoms with Gasteiger partial charge in [-0.2, -0.15) is 13.2 Å². The summed E-state index contributed by atoms with van der Waals surface area (Å²) in [5, 5.41) is 0. The van der Waals surface area contributed by atoms with Gasteiger partial charge in [0.25, 0.3) is 0 Å². The maximum Gasteiger partial charge on any atom is 0.416 e. The molecule has 84 valence electrons. The van der Waals surface area contributed by atoms with E-state index >= 15 is 0 Å². The summed E-state index contributed by atoms with van der Waals surface area (Å²) in [6.07, 6.45) is -3.71. The van der Waals surface area contributed by atoms with Crippen molar-refractivity contribution in [1.29, 1.82) is 0 Å². The molecule has 0 aliphatic rings. The lowest BCUT2D eigenvalue weighted by Gasteiger charge is -2.11. The van der Waals surface area contributed by atoms with E-state index in [1.165, 1.54) is 0 Å². The van der Waals surface area contributed by atoms with Crippen molar-refractivity contribution in [3.63, 3.8) is 0 Å². The molecule has 0 aromatic heterocycles. The minimum absolute atomic E-state index is 0.167. The highest BCUT2D eigenvalue weighted by molar-refractivity contribution is 5.45. The fourth-order valence-electron chi connectivity index (χ4n) is 1.47. The van der Waals surface area contributed by atoms with Crippen LogP contribution in [0.5, 0.6) is 0 Å². The van der Waals surface area contributed by atoms with Gasteiger partial charge in [0, 0.05) is 5.69 Å². The van der Waals surface area contributed by atoms with Gasteiger partial charge in [0.15, 0.2) is 0 Å². The Morgan fingerprint density at radius 2 is 1.80 bits per heavy atom. The Labute approximate surface area is 87.1 Å². The maximum atomic E-state index is 12.4. The van der Waals surface area contributed by atoms with Crippen LogP contribution in [0.4, 0.5) is 18.9 Å². The molecule has 1 rings (SSSR count). The van der Waals surface area contributed by atoms with Gasteiger partial charge in [-0.1, -0.05) is 13.8 Å². The number of hydrogen-bond donors (Lipinski definition) is 1. The van der Waals surface area contributed by atoms with Crippen LogP contribution in [-0.2, 0) is 12.6 Å². The monoisotopic (exact) mass is 217 g/mol. The normalized spacial score (nSPS) is 12.1. The third-order valence-corrected chi connectivity index (χ3v) is 1.99. The quantitative estimate of drug-likeness (QED) is 0.754. The minimum atomic E-state index is -4.32. The van der Waals surface area contributed by atoms with Crippen LogP contribution in [0.15, 0.2) is 18.2 Å². The molecule has 0 heterocycles. The lowest BCUT2D eigenvalue weighted by atomic mass is 10.00. The first-order valence-corrected chi connectivity index (χ1v) is 4.75. The second kappa shape index (κ2) is 4.13. The van der Waals surface area contributed by atoms with Gasteiger partial charge in [-0.05, 0) is 36.1 Å². The van der Waals surface area contributed by atoms with E-state index in [9.17, 15) is 13.2 Å². The summed E-state index contributed by atoms with van der Waals surface area (Å²) < 4.78 is 37.3. The molecule has 0 saturated carbocycles. The molecule has 0 unspecified atom stereocenters. The molecular weight excluding hydrogens is 203 g/mol. The second-order valence-corrected chi connectivity index (χ2v) is 4.06. The third kappa shape index (κ3) is 3.46. The molecule has 0 atom stereocenters. The molecule has 0 amide bonds. The Kier molecular flexibility index (Phi) is 3.27. The van der Waals surface area contributed by atoms with Crippen LogP contribution in [0.25, 0.3) is 0 Å². The number of benzene rings is 1. The van der Waals surface area contributed by atoms with Crippen molar-refractivity contribution in [1.82, 2.24) is 0 Å². The van der Waals surface area contributed by atoms with Crippen LogP contribution >= 0.6 is 0 Å². The zero-order valence-electron chi connectivity index (χ0n) is 8.73. The minimum Gasteiger partial charge on any atom is -0.399 e. The molecule has 0 spiro atoms. The molecule has 0 fully saturated rings. The number of hydrogen-bond acceptors (Lipinski definition) is 1. The smallest absolute Gasteiger partial charge is 0.399 e. The third-order valence-electron chi connectivity index (χ3n) is 1.99. The van der Waals surface area contributed by atoms with Crippen molar-refractivity contribution in [3.05, 3.63) is 29.3 Å². The molecule has 2 N–H and O–H groups in total. The highest BCUT2D eigenvalue weighted by Crippen LogP contribution is 2.31. The van der Waals surface area contributed by atoms with Gasteiger partial charge < -0.3 is 5.73 Å². The van der Waals surface area contributed by atoms with E-state index < -0.39 is 11.7 Å². The Morgan fingerprint density at radius 1 is 1.20 bits per heavy atom. The number of alkyl halides is 3. The lowest BCUT2D eigenvalue weighted by Crippen LogP contribution is -2.07. The van der Waals surface area contributed by atoms with Crippen molar-refractivity contribution < 1.29 is 13.2 Å². The van der Waals surface area contributed by atoms with Crippen LogP contribution in [-0.4, -0.2) is 0 Å². The summed E-state index contributed by atoms with van der Waals surface area (Å²) >= 11 is 0. The van der Waals surface area contributed by atoms with Crippen LogP contribution in [0, 0.1) is 5.92 Å². The summed E-state index contributed by atoms with van der Waals surface area (Å²) in [5.74, 6) is 0.313. The van der Waals surface area contributed by atoms with Crippen molar-refractivity contribution in [2.24, 2.45) is 5.92 Å². The van der Waals surface area contributed by atoms with E-state index in [0.29, 0.717) is 17.9 Å². The maximum absolute atomic E-state index is 12.4. The van der Waals surface area contributed by atoms with Crippen molar-refractivity contribution in [2.75, 3.05) is 5.73 Å². The van der Waals surface area contributed by atoms with E-state index in [2.05, 4.69) is 0 Å². The first kappa shape index (κ1) is 11.9. The Morgan fingerprint density at radius 3 is 2.27 bits per heavy atom. The van der Waals surface area contributed by atoms with Crippen molar-refractivity contribution in [3.8, 4) is 0 Å². The van der Waals surface area contributed by atoms with E-state index in [-0.39, 0.29) is 5.69 Å². The molecule has 1 aromatic rings. The zero-order valence-corrected chi connectivity index (χ0v) is 8.73. The Bertz CT molecular complexity index is 342. The highest BCUT2D eigenvalue weighted by Gasteiger charge is 2.30. The molecule has 0 saturated heterocycles. The van der Waals surface area contributed by atoms with Gasteiger partial charge in [0.1, 0.15) is 0 Å². The zero-order chi connectivity index (χ0) is 11.6. The summed E-state index contributed by atoms with van der Waals surface area (Å²) in [4.78, 5) is 0. The van der Waals surface area contributed by atoms with Crippen LogP contribution in [0.3, 0.4) is 0 Å². The average Bonchev–Trinajstić information content (AvgIpc) is 1.99. The number of nitrogen functional groups attached to an aromatic ring is 1. The van der Waals surface area contributed by atoms with E-state index in [1.807, 2.05) is 13.8 Å². The van der Waals surface area contributed by atoms with Crippen molar-refractivity contribution in [2.45, 2.75) is 26.4 Å². The molecular formula is C11H14F3N. The summed E-state index contributed by atoms with van der Waals surface area (Å²) in [6.45, 7) is 3.91. The first-order chi connectivity index (χ1) is 6.79. The molecule has 1 aromatic carbocycles. The lowest BCUT2D eigenvalue weighted by molar-refractivity contribution is -0.137. The summed E-state index contributed by atoms with van der Waals surface area (Å²) in [5.41, 5.74) is 5.57. The average molecular weight is 217 g/mol. The fourth-order valence-corrected chi connectivity index (χ4v) is 1.47. The highest BCUT2D eigenvalue weighted by atomic mass is 19.4. The molecule has 0 bridgehead atoms.